The maximum absolute atomic E-state index is 9.38. The van der Waals surface area contributed by atoms with Crippen LogP contribution in [0.1, 0.15) is 31.3 Å². The topological polar surface area (TPSA) is 54.8 Å². The summed E-state index contributed by atoms with van der Waals surface area (Å²) in [6.07, 6.45) is 0.177. The first-order valence-corrected chi connectivity index (χ1v) is 7.28. The standard InChI is InChI=1S/C13H22N2O3S/c1-9-5-15(8-13(2,3)18-9)12-14-10(7-17-4)11(6-16)19-12/h9,16H,5-8H2,1-4H3. The Labute approximate surface area is 118 Å². The van der Waals surface area contributed by atoms with Crippen LogP contribution in [-0.4, -0.2) is 42.0 Å². The van der Waals surface area contributed by atoms with Crippen molar-refractivity contribution in [2.24, 2.45) is 0 Å². The van der Waals surface area contributed by atoms with E-state index in [1.165, 1.54) is 11.3 Å². The van der Waals surface area contributed by atoms with Gasteiger partial charge in [-0.05, 0) is 20.8 Å². The molecule has 1 aromatic heterocycles. The molecule has 0 bridgehead atoms. The van der Waals surface area contributed by atoms with Crippen molar-refractivity contribution in [2.75, 3.05) is 25.1 Å². The van der Waals surface area contributed by atoms with E-state index >= 15 is 0 Å². The summed E-state index contributed by atoms with van der Waals surface area (Å²) in [6.45, 7) is 8.34. The molecule has 0 amide bonds. The van der Waals surface area contributed by atoms with Crippen LogP contribution in [0.15, 0.2) is 0 Å². The lowest BCUT2D eigenvalue weighted by Gasteiger charge is -2.41. The zero-order valence-electron chi connectivity index (χ0n) is 12.0. The molecule has 1 aliphatic heterocycles. The normalized spacial score (nSPS) is 22.8. The summed E-state index contributed by atoms with van der Waals surface area (Å²) >= 11 is 1.54. The number of methoxy groups -OCH3 is 1. The highest BCUT2D eigenvalue weighted by Crippen LogP contribution is 2.31. The first kappa shape index (κ1) is 14.7. The first-order valence-electron chi connectivity index (χ1n) is 6.46. The number of aliphatic hydroxyl groups excluding tert-OH is 1. The van der Waals surface area contributed by atoms with Crippen molar-refractivity contribution in [1.29, 1.82) is 0 Å². The minimum atomic E-state index is -0.176. The van der Waals surface area contributed by atoms with Crippen LogP contribution in [0.3, 0.4) is 0 Å². The van der Waals surface area contributed by atoms with Crippen LogP contribution in [0, 0.1) is 0 Å². The van der Waals surface area contributed by atoms with Gasteiger partial charge in [0.2, 0.25) is 0 Å². The fourth-order valence-corrected chi connectivity index (χ4v) is 3.41. The smallest absolute Gasteiger partial charge is 0.186 e. The minimum absolute atomic E-state index is 0.0135. The molecule has 2 heterocycles. The molecule has 1 saturated heterocycles. The summed E-state index contributed by atoms with van der Waals surface area (Å²) in [6, 6.07) is 0. The Hall–Kier alpha value is -0.690. The lowest BCUT2D eigenvalue weighted by molar-refractivity contribution is -0.0749. The van der Waals surface area contributed by atoms with Gasteiger partial charge < -0.3 is 19.5 Å². The molecule has 6 heteroatoms. The summed E-state index contributed by atoms with van der Waals surface area (Å²) < 4.78 is 11.0. The Balaban J connectivity index is 2.21. The molecule has 0 radical (unpaired) electrons. The third-order valence-electron chi connectivity index (χ3n) is 3.03. The molecule has 2 rings (SSSR count). The summed E-state index contributed by atoms with van der Waals surface area (Å²) in [5, 5.41) is 10.3. The number of aliphatic hydroxyl groups is 1. The van der Waals surface area contributed by atoms with Gasteiger partial charge in [0.1, 0.15) is 0 Å². The Bertz CT molecular complexity index is 434. The zero-order valence-corrected chi connectivity index (χ0v) is 12.8. The largest absolute Gasteiger partial charge is 0.391 e. The molecule has 108 valence electrons. The van der Waals surface area contributed by atoms with Gasteiger partial charge in [-0.3, -0.25) is 0 Å². The first-order chi connectivity index (χ1) is 8.95. The lowest BCUT2D eigenvalue weighted by Crippen LogP contribution is -2.52. The predicted octanol–water partition coefficient (Wildman–Crippen LogP) is 1.79. The van der Waals surface area contributed by atoms with Crippen molar-refractivity contribution >= 4 is 16.5 Å². The number of hydrogen-bond acceptors (Lipinski definition) is 6. The summed E-state index contributed by atoms with van der Waals surface area (Å²) in [5.41, 5.74) is 0.659. The second-order valence-corrected chi connectivity index (χ2v) is 6.59. The monoisotopic (exact) mass is 286 g/mol. The number of anilines is 1. The van der Waals surface area contributed by atoms with Gasteiger partial charge in [-0.2, -0.15) is 0 Å². The van der Waals surface area contributed by atoms with Crippen molar-refractivity contribution in [1.82, 2.24) is 4.98 Å². The van der Waals surface area contributed by atoms with E-state index < -0.39 is 0 Å². The molecule has 0 saturated carbocycles. The minimum Gasteiger partial charge on any atom is -0.391 e. The molecule has 1 N–H and O–H groups in total. The Morgan fingerprint density at radius 3 is 2.89 bits per heavy atom. The number of ether oxygens (including phenoxy) is 2. The average molecular weight is 286 g/mol. The molecule has 1 unspecified atom stereocenters. The van der Waals surface area contributed by atoms with Crippen LogP contribution in [0.4, 0.5) is 5.13 Å². The fourth-order valence-electron chi connectivity index (χ4n) is 2.48. The van der Waals surface area contributed by atoms with Crippen molar-refractivity contribution in [3.05, 3.63) is 10.6 Å². The van der Waals surface area contributed by atoms with Crippen molar-refractivity contribution in [2.45, 2.75) is 45.7 Å². The van der Waals surface area contributed by atoms with E-state index in [0.717, 1.165) is 28.8 Å². The number of morpholine rings is 1. The van der Waals surface area contributed by atoms with Gasteiger partial charge >= 0.3 is 0 Å². The fraction of sp³-hybridized carbons (Fsp3) is 0.769. The number of aromatic nitrogens is 1. The Morgan fingerprint density at radius 1 is 1.58 bits per heavy atom. The number of thiazole rings is 1. The lowest BCUT2D eigenvalue weighted by atomic mass is 10.1. The van der Waals surface area contributed by atoms with Gasteiger partial charge in [0.05, 0.1) is 35.5 Å². The van der Waals surface area contributed by atoms with Crippen LogP contribution in [0.2, 0.25) is 0 Å². The molecule has 0 aliphatic carbocycles. The van der Waals surface area contributed by atoms with Gasteiger partial charge in [-0.1, -0.05) is 11.3 Å². The maximum Gasteiger partial charge on any atom is 0.186 e. The van der Waals surface area contributed by atoms with E-state index in [1.54, 1.807) is 7.11 Å². The average Bonchev–Trinajstić information content (AvgIpc) is 2.70. The second kappa shape index (κ2) is 5.75. The van der Waals surface area contributed by atoms with E-state index in [-0.39, 0.29) is 18.3 Å². The van der Waals surface area contributed by atoms with Crippen LogP contribution < -0.4 is 4.90 Å². The molecule has 1 atom stereocenters. The van der Waals surface area contributed by atoms with Crippen LogP contribution in [-0.2, 0) is 22.7 Å². The molecule has 19 heavy (non-hydrogen) atoms. The van der Waals surface area contributed by atoms with E-state index in [2.05, 4.69) is 30.7 Å². The third-order valence-corrected chi connectivity index (χ3v) is 4.17. The van der Waals surface area contributed by atoms with Crippen molar-refractivity contribution < 1.29 is 14.6 Å². The molecular weight excluding hydrogens is 264 g/mol. The highest BCUT2D eigenvalue weighted by Gasteiger charge is 2.33. The number of hydrogen-bond donors (Lipinski definition) is 1. The number of nitrogens with zero attached hydrogens (tertiary/aromatic N) is 2. The van der Waals surface area contributed by atoms with Crippen LogP contribution in [0.25, 0.3) is 0 Å². The Morgan fingerprint density at radius 2 is 2.32 bits per heavy atom. The van der Waals surface area contributed by atoms with Crippen LogP contribution >= 0.6 is 11.3 Å². The summed E-state index contributed by atoms with van der Waals surface area (Å²) in [4.78, 5) is 7.71. The maximum atomic E-state index is 9.38. The Kier molecular flexibility index (Phi) is 4.45. The quantitative estimate of drug-likeness (QED) is 0.914. The molecule has 1 aliphatic rings. The molecular formula is C13H22N2O3S. The van der Waals surface area contributed by atoms with Crippen molar-refractivity contribution in [3.63, 3.8) is 0 Å². The summed E-state index contributed by atoms with van der Waals surface area (Å²) in [7, 11) is 1.64. The summed E-state index contributed by atoms with van der Waals surface area (Å²) in [5.74, 6) is 0. The van der Waals surface area contributed by atoms with Crippen LogP contribution in [0.5, 0.6) is 0 Å². The highest BCUT2D eigenvalue weighted by atomic mass is 32.1. The second-order valence-electron chi connectivity index (χ2n) is 5.53. The van der Waals surface area contributed by atoms with E-state index in [9.17, 15) is 5.11 Å². The third kappa shape index (κ3) is 3.45. The molecule has 0 spiro atoms. The van der Waals surface area contributed by atoms with E-state index in [4.69, 9.17) is 9.47 Å². The highest BCUT2D eigenvalue weighted by molar-refractivity contribution is 7.15. The molecule has 1 aromatic rings. The predicted molar refractivity (Wildman–Crippen MR) is 75.6 cm³/mol. The van der Waals surface area contributed by atoms with Gasteiger partial charge in [-0.25, -0.2) is 4.98 Å². The van der Waals surface area contributed by atoms with Gasteiger partial charge in [0.15, 0.2) is 5.13 Å². The van der Waals surface area contributed by atoms with Gasteiger partial charge in [0, 0.05) is 20.2 Å². The molecule has 0 aromatic carbocycles. The van der Waals surface area contributed by atoms with Gasteiger partial charge in [0.25, 0.3) is 0 Å². The van der Waals surface area contributed by atoms with Gasteiger partial charge in [-0.15, -0.1) is 0 Å². The number of rotatable bonds is 4. The zero-order chi connectivity index (χ0) is 14.0. The molecule has 1 fully saturated rings. The SMILES string of the molecule is COCc1nc(N2CC(C)OC(C)(C)C2)sc1CO. The molecule has 5 nitrogen and oxygen atoms in total. The van der Waals surface area contributed by atoms with E-state index in [0.29, 0.717) is 6.61 Å². The van der Waals surface area contributed by atoms with Crippen molar-refractivity contribution in [3.8, 4) is 0 Å². The van der Waals surface area contributed by atoms with E-state index in [1.807, 2.05) is 0 Å².